The minimum Gasteiger partial charge on any atom is -0.276 e. The van der Waals surface area contributed by atoms with Crippen LogP contribution in [-0.2, 0) is 0 Å². The Hall–Kier alpha value is -0.335. The van der Waals surface area contributed by atoms with Gasteiger partial charge in [-0.3, -0.25) is 4.79 Å². The zero-order valence-corrected chi connectivity index (χ0v) is 1.86. The van der Waals surface area contributed by atoms with E-state index in [4.69, 9.17) is 4.79 Å². The minimum atomic E-state index is -1.83. The second-order valence-corrected chi connectivity index (χ2v) is 0.304. The first-order valence-corrected chi connectivity index (χ1v) is 0.682. The molecule has 0 spiro atoms. The van der Waals surface area contributed by atoms with E-state index in [2.05, 4.69) is 7.85 Å². The molecule has 0 atom stereocenters. The second kappa shape index (κ2) is 1.04. The van der Waals surface area contributed by atoms with Gasteiger partial charge in [-0.1, -0.05) is 0 Å². The Kier molecular flexibility index (Phi) is 0.953. The lowest BCUT2D eigenvalue weighted by molar-refractivity contribution is 0.244. The summed E-state index contributed by atoms with van der Waals surface area (Å²) in [5.74, 6) is -1.83. The zero-order valence-electron chi connectivity index (χ0n) is 1.86. The third-order valence-corrected chi connectivity index (χ3v) is 0. The van der Waals surface area contributed by atoms with Crippen LogP contribution in [0.1, 0.15) is 0 Å². The molecule has 0 aliphatic heterocycles. The van der Waals surface area contributed by atoms with Crippen molar-refractivity contribution in [1.29, 1.82) is 0 Å². The molecule has 0 aliphatic rings. The van der Waals surface area contributed by atoms with Gasteiger partial charge in [-0.2, -0.15) is 4.39 Å². The van der Waals surface area contributed by atoms with Gasteiger partial charge in [0.1, 0.15) is 0 Å². The molecule has 0 aromatic carbocycles. The van der Waals surface area contributed by atoms with Crippen molar-refractivity contribution < 1.29 is 9.18 Å². The van der Waals surface area contributed by atoms with Crippen molar-refractivity contribution in [2.24, 2.45) is 0 Å². The number of halogens is 1. The molecule has 0 N–H and O–H groups in total. The van der Waals surface area contributed by atoms with Gasteiger partial charge in [-0.25, -0.2) is 0 Å². The summed E-state index contributed by atoms with van der Waals surface area (Å²) in [5, 5.41) is 0. The first kappa shape index (κ1) is 3.66. The Morgan fingerprint density at radius 3 is 2.00 bits per heavy atom. The van der Waals surface area contributed by atoms with E-state index in [-0.39, 0.29) is 0 Å². The predicted octanol–water partition coefficient (Wildman–Crippen LogP) is 0.244. The molecular formula is CBFO. The Labute approximate surface area is 24.2 Å². The quantitative estimate of drug-likeness (QED) is 0.288. The molecule has 0 saturated carbocycles. The van der Waals surface area contributed by atoms with Gasteiger partial charge in [0, 0.05) is 0 Å². The van der Waals surface area contributed by atoms with Gasteiger partial charge in [0.05, 0.1) is 0 Å². The van der Waals surface area contributed by atoms with Crippen LogP contribution in [0.2, 0.25) is 0 Å². The molecule has 0 unspecified atom stereocenters. The molecule has 2 radical (unpaired) electrons. The van der Waals surface area contributed by atoms with Gasteiger partial charge in [-0.05, 0) is 0 Å². The summed E-state index contributed by atoms with van der Waals surface area (Å²) in [5.41, 5.74) is 0. The van der Waals surface area contributed by atoms with E-state index < -0.39 is 5.94 Å². The van der Waals surface area contributed by atoms with Crippen LogP contribution >= 0.6 is 0 Å². The van der Waals surface area contributed by atoms with Crippen molar-refractivity contribution >= 4 is 13.8 Å². The van der Waals surface area contributed by atoms with Gasteiger partial charge in [0.15, 0.2) is 0 Å². The normalized spacial score (nSPS) is 6.25. The Bertz CT molecular complexity index is 31.0. The summed E-state index contributed by atoms with van der Waals surface area (Å²) in [6.45, 7) is 0. The van der Waals surface area contributed by atoms with Crippen LogP contribution < -0.4 is 0 Å². The van der Waals surface area contributed by atoms with Crippen LogP contribution in [-0.4, -0.2) is 13.8 Å². The van der Waals surface area contributed by atoms with Crippen LogP contribution in [0.5, 0.6) is 0 Å². The van der Waals surface area contributed by atoms with Crippen molar-refractivity contribution in [2.45, 2.75) is 0 Å². The number of hydrogen-bond donors (Lipinski definition) is 0. The highest BCUT2D eigenvalue weighted by molar-refractivity contribution is 6.54. The van der Waals surface area contributed by atoms with Crippen molar-refractivity contribution in [1.82, 2.24) is 0 Å². The average molecular weight is 57.8 g/mol. The monoisotopic (exact) mass is 58.0 g/mol. The topological polar surface area (TPSA) is 17.1 Å². The fraction of sp³-hybridized carbons (Fsp3) is 0. The summed E-state index contributed by atoms with van der Waals surface area (Å²) in [4.78, 5) is 8.56. The molecule has 0 heterocycles. The lowest BCUT2D eigenvalue weighted by Gasteiger charge is -1.50. The largest absolute Gasteiger partial charge is 0.276 e. The maximum atomic E-state index is 10.1. The summed E-state index contributed by atoms with van der Waals surface area (Å²) in [6.07, 6.45) is 0. The molecule has 0 amide bonds. The van der Waals surface area contributed by atoms with Crippen LogP contribution in [0.4, 0.5) is 9.18 Å². The van der Waals surface area contributed by atoms with E-state index in [1.54, 1.807) is 0 Å². The summed E-state index contributed by atoms with van der Waals surface area (Å²) < 4.78 is 10.1. The van der Waals surface area contributed by atoms with Crippen molar-refractivity contribution in [2.75, 3.05) is 0 Å². The lowest BCUT2D eigenvalue weighted by Crippen LogP contribution is -1.72. The number of carbonyl (C=O) groups is 1. The fourth-order valence-corrected chi connectivity index (χ4v) is 0. The van der Waals surface area contributed by atoms with Crippen molar-refractivity contribution in [3.05, 3.63) is 0 Å². The van der Waals surface area contributed by atoms with E-state index in [1.807, 2.05) is 0 Å². The van der Waals surface area contributed by atoms with E-state index >= 15 is 0 Å². The molecule has 0 rings (SSSR count). The minimum absolute atomic E-state index is 1.83. The van der Waals surface area contributed by atoms with E-state index in [9.17, 15) is 4.39 Å². The zero-order chi connectivity index (χ0) is 3.58. The average Bonchev–Trinajstić information content (AvgIpc) is 0.811. The number of hydrogen-bond acceptors (Lipinski definition) is 1. The van der Waals surface area contributed by atoms with Gasteiger partial charge in [0.25, 0.3) is 0 Å². The van der Waals surface area contributed by atoms with Gasteiger partial charge < -0.3 is 0 Å². The van der Waals surface area contributed by atoms with E-state index in [1.165, 1.54) is 0 Å². The Balaban J connectivity index is 2.80. The Morgan fingerprint density at radius 2 is 2.00 bits per heavy atom. The third kappa shape index (κ3) is 6.56. The fourth-order valence-electron chi connectivity index (χ4n) is 0. The van der Waals surface area contributed by atoms with Crippen LogP contribution in [0, 0.1) is 0 Å². The molecule has 0 aromatic heterocycles. The second-order valence-electron chi connectivity index (χ2n) is 0.304. The van der Waals surface area contributed by atoms with E-state index in [0.717, 1.165) is 0 Å². The first-order chi connectivity index (χ1) is 1.73. The Morgan fingerprint density at radius 1 is 2.00 bits per heavy atom. The van der Waals surface area contributed by atoms with Gasteiger partial charge in [0.2, 0.25) is 13.8 Å². The highest BCUT2D eigenvalue weighted by atomic mass is 19.1. The summed E-state index contributed by atoms with van der Waals surface area (Å²) in [6, 6.07) is 0. The summed E-state index contributed by atoms with van der Waals surface area (Å²) in [7, 11) is 3.81. The highest BCUT2D eigenvalue weighted by Gasteiger charge is 1.70. The number of carbonyl (C=O) groups excluding carboxylic acids is 1. The number of rotatable bonds is 0. The highest BCUT2D eigenvalue weighted by Crippen LogP contribution is 1.57. The SMILES string of the molecule is [B]C(=O)F. The smallest absolute Gasteiger partial charge is 0.236 e. The predicted molar refractivity (Wildman–Crippen MR) is 12.3 cm³/mol. The van der Waals surface area contributed by atoms with Crippen molar-refractivity contribution in [3.8, 4) is 0 Å². The maximum absolute atomic E-state index is 10.1. The molecule has 1 nitrogen and oxygen atoms in total. The van der Waals surface area contributed by atoms with Crippen molar-refractivity contribution in [3.63, 3.8) is 0 Å². The third-order valence-electron chi connectivity index (χ3n) is 0. The molecule has 20 valence electrons. The van der Waals surface area contributed by atoms with Gasteiger partial charge in [-0.15, -0.1) is 0 Å². The summed E-state index contributed by atoms with van der Waals surface area (Å²) >= 11 is 0. The molecule has 3 heteroatoms. The van der Waals surface area contributed by atoms with Crippen LogP contribution in [0.15, 0.2) is 0 Å². The van der Waals surface area contributed by atoms with Gasteiger partial charge >= 0.3 is 0 Å². The first-order valence-electron chi connectivity index (χ1n) is 0.682. The molecule has 0 bridgehead atoms. The molecule has 0 fully saturated rings. The standard InChI is InChI=1S/CBFO/c2-1(3)4. The molecule has 0 aliphatic carbocycles. The van der Waals surface area contributed by atoms with Crippen LogP contribution in [0.3, 0.4) is 0 Å². The molecular weight excluding hydrogens is 57.8 g/mol. The molecule has 0 aromatic rings. The van der Waals surface area contributed by atoms with Crippen LogP contribution in [0.25, 0.3) is 0 Å². The lowest BCUT2D eigenvalue weighted by atomic mass is 10.2. The molecule has 0 saturated heterocycles. The molecule has 4 heavy (non-hydrogen) atoms. The van der Waals surface area contributed by atoms with E-state index in [0.29, 0.717) is 0 Å². The maximum Gasteiger partial charge on any atom is 0.236 e.